The van der Waals surface area contributed by atoms with Gasteiger partial charge in [-0.05, 0) is 36.3 Å². The highest BCUT2D eigenvalue weighted by atomic mass is 16.3. The number of hydrogen-bond donors (Lipinski definition) is 2. The quantitative estimate of drug-likeness (QED) is 0.620. The zero-order chi connectivity index (χ0) is 17.5. The van der Waals surface area contributed by atoms with Crippen molar-refractivity contribution in [3.63, 3.8) is 0 Å². The zero-order valence-corrected chi connectivity index (χ0v) is 15.2. The van der Waals surface area contributed by atoms with Crippen LogP contribution in [-0.4, -0.2) is 45.5 Å². The molecule has 4 nitrogen and oxygen atoms in total. The Morgan fingerprint density at radius 1 is 1.36 bits per heavy atom. The lowest BCUT2D eigenvalue weighted by Gasteiger charge is -2.63. The Kier molecular flexibility index (Phi) is 3.03. The van der Waals surface area contributed by atoms with Crippen LogP contribution in [0.4, 0.5) is 0 Å². The summed E-state index contributed by atoms with van der Waals surface area (Å²) in [5, 5.41) is 21.4. The van der Waals surface area contributed by atoms with Crippen molar-refractivity contribution in [1.82, 2.24) is 4.57 Å². The van der Waals surface area contributed by atoms with Crippen LogP contribution in [0.25, 0.3) is 10.9 Å². The number of benzene rings is 1. The van der Waals surface area contributed by atoms with Gasteiger partial charge in [-0.1, -0.05) is 6.08 Å². The van der Waals surface area contributed by atoms with Crippen molar-refractivity contribution < 1.29 is 14.7 Å². The van der Waals surface area contributed by atoms with Crippen molar-refractivity contribution in [3.05, 3.63) is 41.1 Å². The number of hydrogen-bond acceptors (Lipinski definition) is 2. The fourth-order valence-electron chi connectivity index (χ4n) is 6.44. The van der Waals surface area contributed by atoms with E-state index in [0.717, 1.165) is 23.9 Å². The summed E-state index contributed by atoms with van der Waals surface area (Å²) < 4.78 is 3.39. The Morgan fingerprint density at radius 2 is 2.16 bits per heavy atom. The number of likely N-dealkylation sites (N-methyl/N-ethyl adjacent to an activating group) is 1. The van der Waals surface area contributed by atoms with Gasteiger partial charge in [0.15, 0.2) is 0 Å². The fourth-order valence-corrected chi connectivity index (χ4v) is 6.44. The second kappa shape index (κ2) is 4.89. The van der Waals surface area contributed by atoms with Crippen molar-refractivity contribution in [1.29, 1.82) is 0 Å². The number of quaternary nitrogens is 1. The number of phenols is 1. The molecule has 0 amide bonds. The molecular formula is C21H27N2O2+. The zero-order valence-electron chi connectivity index (χ0n) is 15.2. The SMILES string of the molecule is C/C=C1/C[N+]2(C)C3CC1C(CO)C2Cc1c3n(C)c2ccc(O)cc12. The number of fused-ring (bicyclic) bond motifs is 4. The third kappa shape index (κ3) is 1.74. The maximum atomic E-state index is 10.2. The molecule has 5 heterocycles. The van der Waals surface area contributed by atoms with Gasteiger partial charge in [-0.2, -0.15) is 0 Å². The van der Waals surface area contributed by atoms with Gasteiger partial charge < -0.3 is 19.3 Å². The molecule has 1 aromatic heterocycles. The van der Waals surface area contributed by atoms with Crippen LogP contribution < -0.4 is 0 Å². The minimum absolute atomic E-state index is 0.276. The largest absolute Gasteiger partial charge is 0.508 e. The first kappa shape index (κ1) is 15.5. The molecule has 2 N–H and O–H groups in total. The van der Waals surface area contributed by atoms with Gasteiger partial charge in [0.1, 0.15) is 18.3 Å². The Hall–Kier alpha value is -1.78. The molecule has 4 heteroatoms. The van der Waals surface area contributed by atoms with E-state index in [1.165, 1.54) is 27.7 Å². The third-order valence-electron chi connectivity index (χ3n) is 7.61. The second-order valence-corrected chi connectivity index (χ2v) is 8.47. The van der Waals surface area contributed by atoms with Crippen molar-refractivity contribution in [2.45, 2.75) is 31.8 Å². The predicted octanol–water partition coefficient (Wildman–Crippen LogP) is 2.88. The van der Waals surface area contributed by atoms with Gasteiger partial charge in [0.05, 0.1) is 25.4 Å². The van der Waals surface area contributed by atoms with E-state index < -0.39 is 0 Å². The number of rotatable bonds is 1. The molecular weight excluding hydrogens is 312 g/mol. The summed E-state index contributed by atoms with van der Waals surface area (Å²) in [7, 11) is 4.57. The maximum Gasteiger partial charge on any atom is 0.131 e. The molecule has 25 heavy (non-hydrogen) atoms. The number of aliphatic hydroxyl groups is 1. The molecule has 4 bridgehead atoms. The number of aliphatic hydroxyl groups excluding tert-OH is 1. The Balaban J connectivity index is 1.77. The monoisotopic (exact) mass is 339 g/mol. The Labute approximate surface area is 148 Å². The molecule has 0 aliphatic carbocycles. The molecule has 3 fully saturated rings. The highest BCUT2D eigenvalue weighted by Crippen LogP contribution is 2.58. The first-order chi connectivity index (χ1) is 12.0. The van der Waals surface area contributed by atoms with Crippen LogP contribution in [0.15, 0.2) is 29.8 Å². The highest BCUT2D eigenvalue weighted by molar-refractivity contribution is 5.87. The molecule has 0 radical (unpaired) electrons. The topological polar surface area (TPSA) is 45.4 Å². The van der Waals surface area contributed by atoms with Gasteiger partial charge in [0.25, 0.3) is 0 Å². The number of aromatic nitrogens is 1. The summed E-state index contributed by atoms with van der Waals surface area (Å²) in [5.74, 6) is 1.21. The summed E-state index contributed by atoms with van der Waals surface area (Å²) in [4.78, 5) is 0. The van der Waals surface area contributed by atoms with E-state index in [4.69, 9.17) is 0 Å². The first-order valence-electron chi connectivity index (χ1n) is 9.40. The van der Waals surface area contributed by atoms with Gasteiger partial charge >= 0.3 is 0 Å². The Bertz CT molecular complexity index is 912. The molecule has 1 aromatic carbocycles. The van der Waals surface area contributed by atoms with E-state index in [0.29, 0.717) is 29.7 Å². The number of phenolic OH excluding ortho intramolecular Hbond substituents is 1. The van der Waals surface area contributed by atoms with E-state index in [1.54, 1.807) is 6.07 Å². The lowest BCUT2D eigenvalue weighted by molar-refractivity contribution is -0.978. The van der Waals surface area contributed by atoms with Crippen LogP contribution >= 0.6 is 0 Å². The summed E-state index contributed by atoms with van der Waals surface area (Å²) in [6.45, 7) is 3.54. The van der Waals surface area contributed by atoms with Gasteiger partial charge in [0.2, 0.25) is 0 Å². The van der Waals surface area contributed by atoms with Crippen LogP contribution in [0, 0.1) is 11.8 Å². The minimum atomic E-state index is 0.276. The number of piperidine rings is 3. The van der Waals surface area contributed by atoms with E-state index in [9.17, 15) is 10.2 Å². The van der Waals surface area contributed by atoms with E-state index in [-0.39, 0.29) is 6.61 Å². The summed E-state index contributed by atoms with van der Waals surface area (Å²) in [6, 6.07) is 6.72. The van der Waals surface area contributed by atoms with Gasteiger partial charge in [-0.3, -0.25) is 0 Å². The standard InChI is InChI=1S/C21H26N2O2/c1-4-12-10-23(3)19-9-16-15-7-13(25)5-6-18(15)22(2)21(16)20(23)8-14(12)17(19)11-24/h4-7,14,17,19-20,24H,8-11H2,1-3H3/p+1/b12-4-. The maximum absolute atomic E-state index is 10.2. The molecule has 4 aliphatic rings. The van der Waals surface area contributed by atoms with E-state index >= 15 is 0 Å². The molecule has 4 aliphatic heterocycles. The molecule has 0 spiro atoms. The van der Waals surface area contributed by atoms with E-state index in [1.807, 2.05) is 12.1 Å². The van der Waals surface area contributed by atoms with Crippen molar-refractivity contribution in [2.75, 3.05) is 20.2 Å². The number of aryl methyl sites for hydroxylation is 1. The van der Waals surface area contributed by atoms with Crippen LogP contribution in [0.5, 0.6) is 5.75 Å². The number of aromatic hydroxyl groups is 1. The fraction of sp³-hybridized carbons (Fsp3) is 0.524. The van der Waals surface area contributed by atoms with Crippen LogP contribution in [0.1, 0.15) is 30.6 Å². The minimum Gasteiger partial charge on any atom is -0.508 e. The average Bonchev–Trinajstić information content (AvgIpc) is 2.85. The van der Waals surface area contributed by atoms with Crippen molar-refractivity contribution in [3.8, 4) is 5.75 Å². The number of allylic oxidation sites excluding steroid dienone is 1. The van der Waals surface area contributed by atoms with Gasteiger partial charge in [-0.25, -0.2) is 0 Å². The van der Waals surface area contributed by atoms with Gasteiger partial charge in [-0.15, -0.1) is 0 Å². The lowest BCUT2D eigenvalue weighted by atomic mass is 9.62. The lowest BCUT2D eigenvalue weighted by Crippen LogP contribution is -2.70. The molecule has 3 saturated heterocycles. The van der Waals surface area contributed by atoms with Gasteiger partial charge in [0, 0.05) is 42.6 Å². The average molecular weight is 339 g/mol. The molecule has 5 atom stereocenters. The molecule has 6 rings (SSSR count). The predicted molar refractivity (Wildman–Crippen MR) is 98.3 cm³/mol. The number of nitrogens with zero attached hydrogens (tertiary/aromatic N) is 2. The molecule has 132 valence electrons. The summed E-state index contributed by atoms with van der Waals surface area (Å²) in [5.41, 5.74) is 5.61. The third-order valence-corrected chi connectivity index (χ3v) is 7.61. The smallest absolute Gasteiger partial charge is 0.131 e. The molecule has 5 unspecified atom stereocenters. The summed E-state index contributed by atoms with van der Waals surface area (Å²) >= 11 is 0. The highest BCUT2D eigenvalue weighted by Gasteiger charge is 2.61. The molecule has 2 aromatic rings. The van der Waals surface area contributed by atoms with Crippen LogP contribution in [0.2, 0.25) is 0 Å². The van der Waals surface area contributed by atoms with Crippen molar-refractivity contribution in [2.24, 2.45) is 18.9 Å². The second-order valence-electron chi connectivity index (χ2n) is 8.47. The normalized spacial score (nSPS) is 37.7. The first-order valence-corrected chi connectivity index (χ1v) is 9.40. The van der Waals surface area contributed by atoms with E-state index in [2.05, 4.69) is 31.7 Å². The van der Waals surface area contributed by atoms with Crippen LogP contribution in [0.3, 0.4) is 0 Å². The Morgan fingerprint density at radius 3 is 2.88 bits per heavy atom. The molecule has 0 saturated carbocycles. The van der Waals surface area contributed by atoms with Crippen molar-refractivity contribution >= 4 is 10.9 Å². The summed E-state index contributed by atoms with van der Waals surface area (Å²) in [6.07, 6.45) is 4.42. The van der Waals surface area contributed by atoms with Crippen LogP contribution in [-0.2, 0) is 13.5 Å².